The molecule has 1 nitrogen and oxygen atoms in total. The zero-order valence-corrected chi connectivity index (χ0v) is 11.1. The number of halogens is 2. The van der Waals surface area contributed by atoms with Crippen LogP contribution < -0.4 is 5.32 Å². The predicted molar refractivity (Wildman–Crippen MR) is 71.4 cm³/mol. The van der Waals surface area contributed by atoms with Gasteiger partial charge < -0.3 is 5.32 Å². The first kappa shape index (κ1) is 14.8. The summed E-state index contributed by atoms with van der Waals surface area (Å²) < 4.78 is 26.2. The van der Waals surface area contributed by atoms with Crippen LogP contribution >= 0.6 is 0 Å². The van der Waals surface area contributed by atoms with Crippen LogP contribution in [0.5, 0.6) is 0 Å². The Kier molecular flexibility index (Phi) is 5.99. The Morgan fingerprint density at radius 3 is 2.56 bits per heavy atom. The molecule has 1 atom stereocenters. The summed E-state index contributed by atoms with van der Waals surface area (Å²) in [5.41, 5.74) is 1.88. The first-order chi connectivity index (χ1) is 8.58. The van der Waals surface area contributed by atoms with Gasteiger partial charge in [0.25, 0.3) is 0 Å². The molecule has 0 amide bonds. The Morgan fingerprint density at radius 1 is 1.28 bits per heavy atom. The molecule has 0 fully saturated rings. The van der Waals surface area contributed by atoms with E-state index in [-0.39, 0.29) is 6.04 Å². The minimum Gasteiger partial charge on any atom is -0.310 e. The molecule has 1 aromatic carbocycles. The molecule has 100 valence electrons. The normalized spacial score (nSPS) is 12.4. The zero-order chi connectivity index (χ0) is 13.5. The van der Waals surface area contributed by atoms with E-state index in [0.717, 1.165) is 36.9 Å². The SMILES string of the molecule is C=C(CC)CC(NCCC)c1ccc(F)c(F)c1. The highest BCUT2D eigenvalue weighted by Gasteiger charge is 2.13. The molecule has 0 aliphatic rings. The molecule has 0 saturated heterocycles. The summed E-state index contributed by atoms with van der Waals surface area (Å²) in [6.45, 7) is 8.95. The van der Waals surface area contributed by atoms with Crippen molar-refractivity contribution in [3.63, 3.8) is 0 Å². The molecule has 1 aromatic rings. The lowest BCUT2D eigenvalue weighted by atomic mass is 9.98. The van der Waals surface area contributed by atoms with Crippen molar-refractivity contribution in [3.05, 3.63) is 47.5 Å². The second kappa shape index (κ2) is 7.27. The van der Waals surface area contributed by atoms with Gasteiger partial charge in [0.1, 0.15) is 0 Å². The molecule has 0 aliphatic heterocycles. The standard InChI is InChI=1S/C15H21F2N/c1-4-8-18-15(9-11(3)5-2)12-6-7-13(16)14(17)10-12/h6-7,10,15,18H,3-5,8-9H2,1-2H3. The second-order valence-corrected chi connectivity index (χ2v) is 4.49. The van der Waals surface area contributed by atoms with Crippen LogP contribution in [0.2, 0.25) is 0 Å². The molecule has 0 spiro atoms. The average Bonchev–Trinajstić information content (AvgIpc) is 2.37. The summed E-state index contributed by atoms with van der Waals surface area (Å²) in [7, 11) is 0. The van der Waals surface area contributed by atoms with E-state index >= 15 is 0 Å². The molecule has 0 saturated carbocycles. The van der Waals surface area contributed by atoms with Gasteiger partial charge in [0.2, 0.25) is 0 Å². The van der Waals surface area contributed by atoms with Crippen molar-refractivity contribution < 1.29 is 8.78 Å². The summed E-state index contributed by atoms with van der Waals surface area (Å²) in [5.74, 6) is -1.60. The van der Waals surface area contributed by atoms with Gasteiger partial charge in [-0.1, -0.05) is 32.1 Å². The van der Waals surface area contributed by atoms with Gasteiger partial charge in [-0.05, 0) is 43.5 Å². The molecule has 0 heterocycles. The summed E-state index contributed by atoms with van der Waals surface area (Å²) in [5, 5.41) is 3.35. The Balaban J connectivity index is 2.86. The van der Waals surface area contributed by atoms with Gasteiger partial charge in [-0.15, -0.1) is 0 Å². The molecular formula is C15H21F2N. The van der Waals surface area contributed by atoms with Crippen molar-refractivity contribution in [1.29, 1.82) is 0 Å². The third-order valence-corrected chi connectivity index (χ3v) is 2.98. The smallest absolute Gasteiger partial charge is 0.159 e. The molecule has 0 radical (unpaired) electrons. The van der Waals surface area contributed by atoms with Crippen molar-refractivity contribution >= 4 is 0 Å². The van der Waals surface area contributed by atoms with Crippen LogP contribution in [0.25, 0.3) is 0 Å². The maximum atomic E-state index is 13.3. The van der Waals surface area contributed by atoms with Gasteiger partial charge in [-0.2, -0.15) is 0 Å². The molecule has 3 heteroatoms. The van der Waals surface area contributed by atoms with Crippen LogP contribution in [0.3, 0.4) is 0 Å². The first-order valence-electron chi connectivity index (χ1n) is 6.43. The summed E-state index contributed by atoms with van der Waals surface area (Å²) in [6, 6.07) is 4.09. The van der Waals surface area contributed by atoms with Crippen LogP contribution in [-0.2, 0) is 0 Å². The van der Waals surface area contributed by atoms with Gasteiger partial charge in [-0.3, -0.25) is 0 Å². The number of hydrogen-bond donors (Lipinski definition) is 1. The van der Waals surface area contributed by atoms with Gasteiger partial charge in [0.05, 0.1) is 0 Å². The molecule has 0 bridgehead atoms. The molecule has 18 heavy (non-hydrogen) atoms. The third-order valence-electron chi connectivity index (χ3n) is 2.98. The van der Waals surface area contributed by atoms with E-state index in [1.807, 2.05) is 6.92 Å². The van der Waals surface area contributed by atoms with Gasteiger partial charge in [-0.25, -0.2) is 8.78 Å². The van der Waals surface area contributed by atoms with Crippen molar-refractivity contribution in [1.82, 2.24) is 5.32 Å². The van der Waals surface area contributed by atoms with Gasteiger partial charge in [0.15, 0.2) is 11.6 Å². The number of nitrogens with one attached hydrogen (secondary N) is 1. The maximum Gasteiger partial charge on any atom is 0.159 e. The lowest BCUT2D eigenvalue weighted by Gasteiger charge is -2.20. The Morgan fingerprint density at radius 2 is 2.00 bits per heavy atom. The summed E-state index contributed by atoms with van der Waals surface area (Å²) >= 11 is 0. The minimum atomic E-state index is -0.803. The third kappa shape index (κ3) is 4.22. The highest BCUT2D eigenvalue weighted by atomic mass is 19.2. The van der Waals surface area contributed by atoms with Crippen molar-refractivity contribution in [2.75, 3.05) is 6.54 Å². The largest absolute Gasteiger partial charge is 0.310 e. The summed E-state index contributed by atoms with van der Waals surface area (Å²) in [6.07, 6.45) is 2.65. The van der Waals surface area contributed by atoms with Crippen molar-refractivity contribution in [3.8, 4) is 0 Å². The number of rotatable bonds is 7. The fraction of sp³-hybridized carbons (Fsp3) is 0.467. The highest BCUT2D eigenvalue weighted by Crippen LogP contribution is 2.23. The van der Waals surface area contributed by atoms with E-state index in [2.05, 4.69) is 18.8 Å². The van der Waals surface area contributed by atoms with E-state index in [1.165, 1.54) is 12.1 Å². The quantitative estimate of drug-likeness (QED) is 0.712. The minimum absolute atomic E-state index is 0.00694. The Labute approximate surface area is 108 Å². The molecular weight excluding hydrogens is 232 g/mol. The maximum absolute atomic E-state index is 13.3. The Hall–Kier alpha value is -1.22. The first-order valence-corrected chi connectivity index (χ1v) is 6.43. The molecule has 0 aliphatic carbocycles. The van der Waals surface area contributed by atoms with E-state index in [1.54, 1.807) is 6.07 Å². The van der Waals surface area contributed by atoms with Crippen LogP contribution in [0.1, 0.15) is 44.7 Å². The van der Waals surface area contributed by atoms with Crippen LogP contribution in [0, 0.1) is 11.6 Å². The van der Waals surface area contributed by atoms with E-state index in [0.29, 0.717) is 0 Å². The fourth-order valence-corrected chi connectivity index (χ4v) is 1.79. The molecule has 0 aromatic heterocycles. The van der Waals surface area contributed by atoms with Gasteiger partial charge in [0, 0.05) is 6.04 Å². The van der Waals surface area contributed by atoms with Crippen molar-refractivity contribution in [2.45, 2.75) is 39.2 Å². The zero-order valence-electron chi connectivity index (χ0n) is 11.1. The van der Waals surface area contributed by atoms with E-state index in [9.17, 15) is 8.78 Å². The molecule has 1 N–H and O–H groups in total. The number of hydrogen-bond acceptors (Lipinski definition) is 1. The Bertz CT molecular complexity index is 401. The van der Waals surface area contributed by atoms with E-state index < -0.39 is 11.6 Å². The lowest BCUT2D eigenvalue weighted by Crippen LogP contribution is -2.22. The van der Waals surface area contributed by atoms with E-state index in [4.69, 9.17) is 0 Å². The average molecular weight is 253 g/mol. The van der Waals surface area contributed by atoms with Crippen LogP contribution in [0.4, 0.5) is 8.78 Å². The second-order valence-electron chi connectivity index (χ2n) is 4.49. The van der Waals surface area contributed by atoms with Crippen molar-refractivity contribution in [2.24, 2.45) is 0 Å². The number of benzene rings is 1. The highest BCUT2D eigenvalue weighted by molar-refractivity contribution is 5.23. The molecule has 1 unspecified atom stereocenters. The van der Waals surface area contributed by atoms with Crippen LogP contribution in [-0.4, -0.2) is 6.54 Å². The predicted octanol–water partition coefficient (Wildman–Crippen LogP) is 4.36. The molecule has 1 rings (SSSR count). The summed E-state index contributed by atoms with van der Waals surface area (Å²) in [4.78, 5) is 0. The topological polar surface area (TPSA) is 12.0 Å². The monoisotopic (exact) mass is 253 g/mol. The van der Waals surface area contributed by atoms with Gasteiger partial charge >= 0.3 is 0 Å². The fourth-order valence-electron chi connectivity index (χ4n) is 1.79. The lowest BCUT2D eigenvalue weighted by molar-refractivity contribution is 0.491. The van der Waals surface area contributed by atoms with Crippen LogP contribution in [0.15, 0.2) is 30.4 Å².